The molecule has 0 aromatic heterocycles. The number of nitrogens with zero attached hydrogens (tertiary/aromatic N) is 1. The van der Waals surface area contributed by atoms with Gasteiger partial charge in [-0.05, 0) is 38.9 Å². The molecule has 0 saturated carbocycles. The number of carbonyl (C=O) groups excluding carboxylic acids is 1. The maximum Gasteiger partial charge on any atom is 0.338 e. The zero-order chi connectivity index (χ0) is 14.3. The third-order valence-electron chi connectivity index (χ3n) is 3.32. The number of esters is 1. The van der Waals surface area contributed by atoms with Crippen molar-refractivity contribution < 1.29 is 14.6 Å². The fraction of sp³-hybridized carbons (Fsp3) is 0.533. The number of aliphatic hydroxyl groups is 1. The minimum absolute atomic E-state index is 0.00420. The molecule has 0 saturated heterocycles. The maximum absolute atomic E-state index is 11.9. The largest absolute Gasteiger partial charge is 0.459 e. The number of hydrogen-bond donors (Lipinski definition) is 1. The zero-order valence-corrected chi connectivity index (χ0v) is 11.9. The summed E-state index contributed by atoms with van der Waals surface area (Å²) in [6, 6.07) is 9.17. The fourth-order valence-corrected chi connectivity index (χ4v) is 1.79. The molecule has 106 valence electrons. The Morgan fingerprint density at radius 2 is 2.00 bits per heavy atom. The first-order chi connectivity index (χ1) is 9.08. The Morgan fingerprint density at radius 1 is 1.37 bits per heavy atom. The molecule has 4 heteroatoms. The second-order valence-electron chi connectivity index (χ2n) is 4.78. The summed E-state index contributed by atoms with van der Waals surface area (Å²) in [5, 5.41) is 9.07. The highest BCUT2D eigenvalue weighted by Crippen LogP contribution is 2.13. The van der Waals surface area contributed by atoms with Gasteiger partial charge in [-0.25, -0.2) is 4.79 Å². The lowest BCUT2D eigenvalue weighted by Gasteiger charge is -2.26. The van der Waals surface area contributed by atoms with Crippen LogP contribution in [0.2, 0.25) is 0 Å². The van der Waals surface area contributed by atoms with Crippen LogP contribution in [0.15, 0.2) is 30.3 Å². The number of aliphatic hydroxyl groups excluding tert-OH is 1. The van der Waals surface area contributed by atoms with Crippen LogP contribution in [0.25, 0.3) is 0 Å². The van der Waals surface area contributed by atoms with E-state index in [9.17, 15) is 4.79 Å². The predicted molar refractivity (Wildman–Crippen MR) is 74.9 cm³/mol. The lowest BCUT2D eigenvalue weighted by atomic mass is 10.1. The van der Waals surface area contributed by atoms with Crippen LogP contribution in [-0.4, -0.2) is 41.9 Å². The number of hydrogen-bond acceptors (Lipinski definition) is 4. The summed E-state index contributed by atoms with van der Waals surface area (Å²) in [7, 11) is 1.84. The van der Waals surface area contributed by atoms with Crippen LogP contribution in [-0.2, 0) is 4.74 Å². The van der Waals surface area contributed by atoms with Gasteiger partial charge in [0.2, 0.25) is 0 Å². The van der Waals surface area contributed by atoms with Crippen LogP contribution in [0.1, 0.15) is 37.0 Å². The molecule has 19 heavy (non-hydrogen) atoms. The van der Waals surface area contributed by atoms with Gasteiger partial charge in [-0.3, -0.25) is 4.90 Å². The molecule has 0 bridgehead atoms. The highest BCUT2D eigenvalue weighted by molar-refractivity contribution is 5.89. The Balaban J connectivity index is 2.55. The van der Waals surface area contributed by atoms with Gasteiger partial charge in [0.25, 0.3) is 0 Å². The Kier molecular flexibility index (Phi) is 6.53. The molecule has 1 aromatic carbocycles. The van der Waals surface area contributed by atoms with Gasteiger partial charge < -0.3 is 9.84 Å². The van der Waals surface area contributed by atoms with Crippen molar-refractivity contribution in [2.24, 2.45) is 0 Å². The Hall–Kier alpha value is -1.39. The summed E-state index contributed by atoms with van der Waals surface area (Å²) in [5.74, 6) is -0.286. The first-order valence-corrected chi connectivity index (χ1v) is 6.65. The number of rotatable bonds is 7. The lowest BCUT2D eigenvalue weighted by Crippen LogP contribution is -2.34. The van der Waals surface area contributed by atoms with Crippen LogP contribution in [0.3, 0.4) is 0 Å². The van der Waals surface area contributed by atoms with Crippen molar-refractivity contribution in [1.82, 2.24) is 4.90 Å². The molecule has 0 radical (unpaired) electrons. The molecule has 1 N–H and O–H groups in total. The topological polar surface area (TPSA) is 49.8 Å². The van der Waals surface area contributed by atoms with Crippen LogP contribution in [0.5, 0.6) is 0 Å². The predicted octanol–water partition coefficient (Wildman–Crippen LogP) is 2.28. The van der Waals surface area contributed by atoms with Crippen molar-refractivity contribution in [2.45, 2.75) is 38.8 Å². The molecule has 0 aliphatic rings. The van der Waals surface area contributed by atoms with E-state index in [0.717, 1.165) is 6.42 Å². The maximum atomic E-state index is 11.9. The van der Waals surface area contributed by atoms with Gasteiger partial charge in [-0.2, -0.15) is 0 Å². The van der Waals surface area contributed by atoms with Crippen molar-refractivity contribution in [2.75, 3.05) is 13.8 Å². The molecule has 0 spiro atoms. The zero-order valence-electron chi connectivity index (χ0n) is 11.9. The van der Waals surface area contributed by atoms with E-state index in [1.54, 1.807) is 12.1 Å². The monoisotopic (exact) mass is 265 g/mol. The summed E-state index contributed by atoms with van der Waals surface area (Å²) >= 11 is 0. The summed E-state index contributed by atoms with van der Waals surface area (Å²) in [6.45, 7) is 4.01. The van der Waals surface area contributed by atoms with E-state index in [1.807, 2.05) is 44.0 Å². The van der Waals surface area contributed by atoms with Crippen molar-refractivity contribution in [3.05, 3.63) is 35.9 Å². The fourth-order valence-electron chi connectivity index (χ4n) is 1.79. The van der Waals surface area contributed by atoms with Crippen LogP contribution in [0, 0.1) is 0 Å². The van der Waals surface area contributed by atoms with E-state index in [1.165, 1.54) is 0 Å². The molecule has 1 aromatic rings. The van der Waals surface area contributed by atoms with Gasteiger partial charge in [0, 0.05) is 6.04 Å². The van der Waals surface area contributed by atoms with Gasteiger partial charge in [0.15, 0.2) is 0 Å². The molecule has 2 atom stereocenters. The van der Waals surface area contributed by atoms with Crippen molar-refractivity contribution in [3.8, 4) is 0 Å². The van der Waals surface area contributed by atoms with Gasteiger partial charge in [-0.15, -0.1) is 0 Å². The number of ether oxygens (including phenoxy) is 1. The SMILES string of the molecule is CCC(CC(C)N(C)CO)OC(=O)c1ccccc1. The molecule has 1 rings (SSSR count). The van der Waals surface area contributed by atoms with Crippen molar-refractivity contribution in [1.29, 1.82) is 0 Å². The molecular formula is C15H23NO3. The van der Waals surface area contributed by atoms with Gasteiger partial charge in [-0.1, -0.05) is 25.1 Å². The van der Waals surface area contributed by atoms with Crippen molar-refractivity contribution in [3.63, 3.8) is 0 Å². The smallest absolute Gasteiger partial charge is 0.338 e. The van der Waals surface area contributed by atoms with Gasteiger partial charge in [0.1, 0.15) is 6.10 Å². The molecule has 0 heterocycles. The molecule has 0 amide bonds. The minimum atomic E-state index is -0.286. The van der Waals surface area contributed by atoms with E-state index in [4.69, 9.17) is 9.84 Å². The van der Waals surface area contributed by atoms with Crippen molar-refractivity contribution >= 4 is 5.97 Å². The summed E-state index contributed by atoms with van der Waals surface area (Å²) in [4.78, 5) is 13.8. The minimum Gasteiger partial charge on any atom is -0.459 e. The Morgan fingerprint density at radius 3 is 2.53 bits per heavy atom. The third kappa shape index (κ3) is 5.01. The second kappa shape index (κ2) is 7.92. The molecule has 0 aliphatic heterocycles. The van der Waals surface area contributed by atoms with Gasteiger partial charge in [0.05, 0.1) is 12.3 Å². The normalized spacial score (nSPS) is 14.2. The van der Waals surface area contributed by atoms with E-state index in [2.05, 4.69) is 0 Å². The number of carbonyl (C=O) groups is 1. The molecule has 4 nitrogen and oxygen atoms in total. The molecule has 2 unspecified atom stereocenters. The lowest BCUT2D eigenvalue weighted by molar-refractivity contribution is 0.0151. The molecule has 0 aliphatic carbocycles. The molecular weight excluding hydrogens is 242 g/mol. The van der Waals surface area contributed by atoms with Gasteiger partial charge >= 0.3 is 5.97 Å². The van der Waals surface area contributed by atoms with E-state index in [0.29, 0.717) is 12.0 Å². The Labute approximate surface area is 115 Å². The quantitative estimate of drug-likeness (QED) is 0.607. The highest BCUT2D eigenvalue weighted by Gasteiger charge is 2.19. The average molecular weight is 265 g/mol. The van der Waals surface area contributed by atoms with Crippen LogP contribution < -0.4 is 0 Å². The summed E-state index contributed by atoms with van der Waals surface area (Å²) in [6.07, 6.45) is 1.35. The number of benzene rings is 1. The highest BCUT2D eigenvalue weighted by atomic mass is 16.5. The summed E-state index contributed by atoms with van der Waals surface area (Å²) in [5.41, 5.74) is 0.573. The molecule has 0 fully saturated rings. The van der Waals surface area contributed by atoms with Crippen LogP contribution in [0.4, 0.5) is 0 Å². The van der Waals surface area contributed by atoms with E-state index < -0.39 is 0 Å². The first-order valence-electron chi connectivity index (χ1n) is 6.65. The second-order valence-corrected chi connectivity index (χ2v) is 4.78. The van der Waals surface area contributed by atoms with Crippen LogP contribution >= 0.6 is 0 Å². The first kappa shape index (κ1) is 15.7. The van der Waals surface area contributed by atoms with E-state index >= 15 is 0 Å². The summed E-state index contributed by atoms with van der Waals surface area (Å²) < 4.78 is 5.50. The standard InChI is InChI=1S/C15H23NO3/c1-4-14(10-12(2)16(3)11-17)19-15(18)13-8-6-5-7-9-13/h5-9,12,14,17H,4,10-11H2,1-3H3. The third-order valence-corrected chi connectivity index (χ3v) is 3.32. The average Bonchev–Trinajstić information content (AvgIpc) is 2.46. The Bertz CT molecular complexity index is 380. The van der Waals surface area contributed by atoms with E-state index in [-0.39, 0.29) is 24.8 Å².